The van der Waals surface area contributed by atoms with Gasteiger partial charge in [0.15, 0.2) is 5.13 Å². The van der Waals surface area contributed by atoms with E-state index in [0.717, 1.165) is 17.1 Å². The van der Waals surface area contributed by atoms with Crippen LogP contribution in [0.4, 0.5) is 5.13 Å². The zero-order chi connectivity index (χ0) is 22.5. The number of pyridine rings is 1. The number of hydrogen-bond donors (Lipinski definition) is 3. The minimum atomic E-state index is -0.588. The highest BCUT2D eigenvalue weighted by molar-refractivity contribution is 7.14. The topological polar surface area (TPSA) is 118 Å². The average molecular weight is 439 g/mol. The van der Waals surface area contributed by atoms with Gasteiger partial charge in [0, 0.05) is 22.8 Å². The van der Waals surface area contributed by atoms with E-state index in [1.807, 2.05) is 16.7 Å². The van der Waals surface area contributed by atoms with Crippen molar-refractivity contribution in [1.82, 2.24) is 19.8 Å². The maximum atomic E-state index is 11.8. The molecule has 3 rings (SSSR count). The van der Waals surface area contributed by atoms with E-state index >= 15 is 0 Å². The van der Waals surface area contributed by atoms with E-state index in [1.54, 1.807) is 49.0 Å². The second kappa shape index (κ2) is 9.37. The fraction of sp³-hybridized carbons (Fsp3) is 0.143. The van der Waals surface area contributed by atoms with Crippen LogP contribution in [0, 0.1) is 6.92 Å². The fourth-order valence-corrected chi connectivity index (χ4v) is 3.53. The molecule has 3 aromatic rings. The number of nitrogens with zero attached hydrogens (tertiary/aromatic N) is 3. The maximum Gasteiger partial charge on any atom is 0.338 e. The van der Waals surface area contributed by atoms with Crippen molar-refractivity contribution in [3.8, 4) is 11.4 Å². The third-order valence-corrected chi connectivity index (χ3v) is 5.17. The first-order chi connectivity index (χ1) is 14.9. The molecule has 0 radical (unpaired) electrons. The molecule has 0 aromatic carbocycles. The summed E-state index contributed by atoms with van der Waals surface area (Å²) < 4.78 is 6.63. The maximum absolute atomic E-state index is 11.8. The predicted molar refractivity (Wildman–Crippen MR) is 118 cm³/mol. The van der Waals surface area contributed by atoms with E-state index in [1.165, 1.54) is 18.4 Å². The van der Waals surface area contributed by atoms with Crippen LogP contribution in [-0.4, -0.2) is 38.6 Å². The Balaban J connectivity index is 1.89. The van der Waals surface area contributed by atoms with Crippen LogP contribution in [0.5, 0.6) is 0 Å². The van der Waals surface area contributed by atoms with Crippen molar-refractivity contribution in [2.45, 2.75) is 13.8 Å². The molecule has 0 saturated carbocycles. The van der Waals surface area contributed by atoms with Gasteiger partial charge >= 0.3 is 5.97 Å². The Morgan fingerprint density at radius 3 is 2.77 bits per heavy atom. The number of allylic oxidation sites excluding steroid dienone is 3. The number of hydroxylamine groups is 1. The second-order valence-electron chi connectivity index (χ2n) is 6.46. The van der Waals surface area contributed by atoms with Crippen molar-refractivity contribution >= 4 is 34.0 Å². The summed E-state index contributed by atoms with van der Waals surface area (Å²) in [6, 6.07) is 3.34. The SMILES string of the molecule is C=C/C(=C\C=C(/C)C(=O)NO)Nc1nc(-c2c(C)nc3cc(C(=O)OC)ccn23)cs1. The van der Waals surface area contributed by atoms with Gasteiger partial charge in [0.05, 0.1) is 24.1 Å². The first-order valence-electron chi connectivity index (χ1n) is 9.13. The number of imidazole rings is 1. The molecule has 0 spiro atoms. The van der Waals surface area contributed by atoms with Crippen LogP contribution in [0.15, 0.2) is 59.8 Å². The number of anilines is 1. The van der Waals surface area contributed by atoms with Gasteiger partial charge in [0.25, 0.3) is 5.91 Å². The summed E-state index contributed by atoms with van der Waals surface area (Å²) >= 11 is 1.40. The lowest BCUT2D eigenvalue weighted by Crippen LogP contribution is -2.19. The van der Waals surface area contributed by atoms with Crippen LogP contribution in [0.3, 0.4) is 0 Å². The molecule has 0 aliphatic carbocycles. The van der Waals surface area contributed by atoms with Crippen LogP contribution in [0.1, 0.15) is 23.0 Å². The molecule has 0 unspecified atom stereocenters. The van der Waals surface area contributed by atoms with Crippen molar-refractivity contribution < 1.29 is 19.5 Å². The van der Waals surface area contributed by atoms with Gasteiger partial charge in [0.1, 0.15) is 11.3 Å². The lowest BCUT2D eigenvalue weighted by Gasteiger charge is -2.03. The number of methoxy groups -OCH3 is 1. The number of nitrogens with one attached hydrogen (secondary N) is 2. The first kappa shape index (κ1) is 21.9. The van der Waals surface area contributed by atoms with Gasteiger partial charge in [-0.15, -0.1) is 11.3 Å². The molecule has 31 heavy (non-hydrogen) atoms. The number of carbonyl (C=O) groups excluding carboxylic acids is 2. The van der Waals surface area contributed by atoms with Crippen molar-refractivity contribution in [3.05, 3.63) is 71.0 Å². The number of esters is 1. The number of carbonyl (C=O) groups is 2. The number of hydrogen-bond acceptors (Lipinski definition) is 8. The highest BCUT2D eigenvalue weighted by Crippen LogP contribution is 2.29. The molecule has 160 valence electrons. The number of amides is 1. The lowest BCUT2D eigenvalue weighted by atomic mass is 10.2. The highest BCUT2D eigenvalue weighted by atomic mass is 32.1. The normalized spacial score (nSPS) is 12.0. The van der Waals surface area contributed by atoms with Crippen molar-refractivity contribution in [1.29, 1.82) is 0 Å². The van der Waals surface area contributed by atoms with Crippen molar-refractivity contribution in [2.75, 3.05) is 12.4 Å². The van der Waals surface area contributed by atoms with Crippen LogP contribution < -0.4 is 10.8 Å². The van der Waals surface area contributed by atoms with Gasteiger partial charge < -0.3 is 10.1 Å². The van der Waals surface area contributed by atoms with Crippen molar-refractivity contribution in [2.24, 2.45) is 0 Å². The molecular formula is C21H21N5O4S. The summed E-state index contributed by atoms with van der Waals surface area (Å²) in [5.41, 5.74) is 5.89. The Morgan fingerprint density at radius 1 is 1.32 bits per heavy atom. The van der Waals surface area contributed by atoms with Crippen LogP contribution in [0.2, 0.25) is 0 Å². The largest absolute Gasteiger partial charge is 0.465 e. The van der Waals surface area contributed by atoms with E-state index in [-0.39, 0.29) is 0 Å². The molecule has 3 heterocycles. The number of aromatic nitrogens is 3. The van der Waals surface area contributed by atoms with E-state index < -0.39 is 11.9 Å². The zero-order valence-corrected chi connectivity index (χ0v) is 18.0. The molecular weight excluding hydrogens is 418 g/mol. The van der Waals surface area contributed by atoms with Crippen LogP contribution in [0.25, 0.3) is 17.0 Å². The number of ether oxygens (including phenoxy) is 1. The van der Waals surface area contributed by atoms with E-state index in [4.69, 9.17) is 9.94 Å². The summed E-state index contributed by atoms with van der Waals surface area (Å²) in [6.07, 6.45) is 6.57. The summed E-state index contributed by atoms with van der Waals surface area (Å²) in [5, 5.41) is 14.3. The Kier molecular flexibility index (Phi) is 6.63. The van der Waals surface area contributed by atoms with E-state index in [2.05, 4.69) is 21.9 Å². The molecule has 9 nitrogen and oxygen atoms in total. The van der Waals surface area contributed by atoms with Gasteiger partial charge in [-0.2, -0.15) is 0 Å². The summed E-state index contributed by atoms with van der Waals surface area (Å²) in [6.45, 7) is 7.21. The monoisotopic (exact) mass is 439 g/mol. The molecule has 0 aliphatic rings. The van der Waals surface area contributed by atoms with E-state index in [0.29, 0.717) is 27.6 Å². The Bertz CT molecular complexity index is 1220. The fourth-order valence-electron chi connectivity index (χ4n) is 2.82. The number of fused-ring (bicyclic) bond motifs is 1. The first-order valence-corrected chi connectivity index (χ1v) is 10.0. The summed E-state index contributed by atoms with van der Waals surface area (Å²) in [5.74, 6) is -1.01. The quantitative estimate of drug-likeness (QED) is 0.170. The third kappa shape index (κ3) is 4.71. The van der Waals surface area contributed by atoms with Gasteiger partial charge in [-0.05, 0) is 38.1 Å². The minimum absolute atomic E-state index is 0.330. The molecule has 0 fully saturated rings. The Morgan fingerprint density at radius 2 is 2.10 bits per heavy atom. The molecule has 0 bridgehead atoms. The standard InChI is InChI=1S/C21H21N5O4S/c1-5-15(7-6-12(2)19(27)25-29)23-21-24-16(11-31-21)18-13(3)22-17-10-14(20(28)30-4)8-9-26(17)18/h5-11,29H,1H2,2-4H3,(H,23,24)(H,25,27)/b12-6+,15-7+. The molecule has 1 amide bonds. The Hall–Kier alpha value is -3.76. The molecule has 3 aromatic heterocycles. The molecule has 0 atom stereocenters. The van der Waals surface area contributed by atoms with Crippen LogP contribution >= 0.6 is 11.3 Å². The third-order valence-electron chi connectivity index (χ3n) is 4.41. The van der Waals surface area contributed by atoms with Gasteiger partial charge in [-0.1, -0.05) is 12.7 Å². The summed E-state index contributed by atoms with van der Waals surface area (Å²) in [4.78, 5) is 32.3. The number of thiazole rings is 1. The number of rotatable bonds is 7. The van der Waals surface area contributed by atoms with Gasteiger partial charge in [-0.25, -0.2) is 20.2 Å². The average Bonchev–Trinajstić information content (AvgIpc) is 3.37. The molecule has 0 saturated heterocycles. The second-order valence-corrected chi connectivity index (χ2v) is 7.32. The molecule has 10 heteroatoms. The summed E-state index contributed by atoms with van der Waals surface area (Å²) in [7, 11) is 1.34. The predicted octanol–water partition coefficient (Wildman–Crippen LogP) is 3.49. The van der Waals surface area contributed by atoms with Crippen LogP contribution in [-0.2, 0) is 9.53 Å². The molecule has 3 N–H and O–H groups in total. The smallest absolute Gasteiger partial charge is 0.338 e. The van der Waals surface area contributed by atoms with E-state index in [9.17, 15) is 9.59 Å². The van der Waals surface area contributed by atoms with Gasteiger partial charge in [-0.3, -0.25) is 14.4 Å². The molecule has 0 aliphatic heterocycles. The minimum Gasteiger partial charge on any atom is -0.465 e. The highest BCUT2D eigenvalue weighted by Gasteiger charge is 2.16. The van der Waals surface area contributed by atoms with Crippen molar-refractivity contribution in [3.63, 3.8) is 0 Å². The lowest BCUT2D eigenvalue weighted by molar-refractivity contribution is -0.125. The zero-order valence-electron chi connectivity index (χ0n) is 17.2. The number of aryl methyl sites for hydroxylation is 1. The van der Waals surface area contributed by atoms with Gasteiger partial charge in [0.2, 0.25) is 0 Å². The Labute approximate surface area is 182 Å².